The number of morpholine rings is 1. The van der Waals surface area contributed by atoms with Gasteiger partial charge in [0.05, 0.1) is 18.8 Å². The van der Waals surface area contributed by atoms with Crippen LogP contribution in [-0.4, -0.2) is 42.0 Å². The van der Waals surface area contributed by atoms with Crippen molar-refractivity contribution in [2.45, 2.75) is 37.8 Å². The van der Waals surface area contributed by atoms with Crippen molar-refractivity contribution in [3.63, 3.8) is 0 Å². The van der Waals surface area contributed by atoms with Gasteiger partial charge < -0.3 is 9.64 Å². The molecule has 2 atom stereocenters. The summed E-state index contributed by atoms with van der Waals surface area (Å²) in [6.45, 7) is 1.39. The first-order valence-corrected chi connectivity index (χ1v) is 5.83. The van der Waals surface area contributed by atoms with Crippen LogP contribution in [0.1, 0.15) is 25.7 Å². The summed E-state index contributed by atoms with van der Waals surface area (Å²) < 4.78 is 5.67. The number of hydrogen-bond donors (Lipinski definition) is 0. The van der Waals surface area contributed by atoms with Gasteiger partial charge in [-0.3, -0.25) is 4.79 Å². The smallest absolute Gasteiger partial charge is 0.237 e. The van der Waals surface area contributed by atoms with Crippen molar-refractivity contribution in [3.05, 3.63) is 0 Å². The van der Waals surface area contributed by atoms with E-state index in [-0.39, 0.29) is 17.9 Å². The van der Waals surface area contributed by atoms with E-state index in [0.717, 1.165) is 12.8 Å². The molecule has 0 aromatic carbocycles. The average Bonchev–Trinajstić information content (AvgIpc) is 2.27. The molecule has 1 heterocycles. The quantitative estimate of drug-likeness (QED) is 0.622. The molecule has 2 rings (SSSR count). The number of fused-ring (bicyclic) bond motifs is 1. The highest BCUT2D eigenvalue weighted by Crippen LogP contribution is 2.28. The van der Waals surface area contributed by atoms with Crippen molar-refractivity contribution in [2.75, 3.05) is 19.0 Å². The Labute approximate surface area is 89.4 Å². The first kappa shape index (κ1) is 10.2. The molecule has 1 saturated carbocycles. The molecule has 3 nitrogen and oxygen atoms in total. The summed E-state index contributed by atoms with van der Waals surface area (Å²) in [6.07, 6.45) is 4.87. The van der Waals surface area contributed by atoms with Crippen molar-refractivity contribution in [1.82, 2.24) is 4.90 Å². The maximum absolute atomic E-state index is 11.6. The lowest BCUT2D eigenvalue weighted by molar-refractivity contribution is -0.146. The third-order valence-electron chi connectivity index (χ3n) is 3.17. The van der Waals surface area contributed by atoms with Crippen molar-refractivity contribution in [3.8, 4) is 0 Å². The molecule has 0 spiro atoms. The summed E-state index contributed by atoms with van der Waals surface area (Å²) in [7, 11) is 0. The highest BCUT2D eigenvalue weighted by atomic mass is 35.5. The van der Waals surface area contributed by atoms with E-state index in [1.165, 1.54) is 12.8 Å². The molecular formula is C10H16ClNO2. The van der Waals surface area contributed by atoms with Gasteiger partial charge in [-0.2, -0.15) is 0 Å². The van der Waals surface area contributed by atoms with Crippen LogP contribution in [0.3, 0.4) is 0 Å². The zero-order valence-corrected chi connectivity index (χ0v) is 9.00. The molecule has 0 aromatic heterocycles. The van der Waals surface area contributed by atoms with Crippen LogP contribution in [0.4, 0.5) is 0 Å². The van der Waals surface area contributed by atoms with Crippen LogP contribution in [0.25, 0.3) is 0 Å². The summed E-state index contributed by atoms with van der Waals surface area (Å²) in [4.78, 5) is 13.5. The number of hydrogen-bond acceptors (Lipinski definition) is 2. The van der Waals surface area contributed by atoms with Gasteiger partial charge in [0.2, 0.25) is 5.91 Å². The number of carbonyl (C=O) groups excluding carboxylic acids is 1. The molecule has 2 aliphatic rings. The second-order valence-corrected chi connectivity index (χ2v) is 4.25. The molecule has 4 heteroatoms. The Bertz CT molecular complexity index is 220. The zero-order chi connectivity index (χ0) is 9.97. The number of alkyl halides is 1. The Morgan fingerprint density at radius 1 is 1.43 bits per heavy atom. The van der Waals surface area contributed by atoms with E-state index < -0.39 is 0 Å². The number of rotatable bonds is 1. The third kappa shape index (κ3) is 1.89. The molecular weight excluding hydrogens is 202 g/mol. The molecule has 0 radical (unpaired) electrons. The van der Waals surface area contributed by atoms with Gasteiger partial charge in [0.1, 0.15) is 5.88 Å². The maximum Gasteiger partial charge on any atom is 0.237 e. The molecule has 0 bridgehead atoms. The Balaban J connectivity index is 2.04. The lowest BCUT2D eigenvalue weighted by Crippen LogP contribution is -2.55. The largest absolute Gasteiger partial charge is 0.374 e. The van der Waals surface area contributed by atoms with Crippen molar-refractivity contribution in [1.29, 1.82) is 0 Å². The first-order valence-electron chi connectivity index (χ1n) is 5.30. The van der Waals surface area contributed by atoms with E-state index in [9.17, 15) is 4.79 Å². The van der Waals surface area contributed by atoms with Gasteiger partial charge >= 0.3 is 0 Å². The molecule has 1 saturated heterocycles. The Kier molecular flexibility index (Phi) is 3.29. The van der Waals surface area contributed by atoms with E-state index in [1.54, 1.807) is 0 Å². The summed E-state index contributed by atoms with van der Waals surface area (Å²) in [5.74, 6) is 0.162. The minimum Gasteiger partial charge on any atom is -0.374 e. The van der Waals surface area contributed by atoms with Crippen LogP contribution >= 0.6 is 11.6 Å². The predicted molar refractivity (Wildman–Crippen MR) is 54.4 cm³/mol. The van der Waals surface area contributed by atoms with Crippen LogP contribution in [0.2, 0.25) is 0 Å². The van der Waals surface area contributed by atoms with E-state index >= 15 is 0 Å². The number of ether oxygens (including phenoxy) is 1. The second kappa shape index (κ2) is 4.49. The molecule has 1 amide bonds. The number of nitrogens with zero attached hydrogens (tertiary/aromatic N) is 1. The molecule has 0 N–H and O–H groups in total. The van der Waals surface area contributed by atoms with Crippen molar-refractivity contribution < 1.29 is 9.53 Å². The van der Waals surface area contributed by atoms with Crippen LogP contribution in [0.5, 0.6) is 0 Å². The fraction of sp³-hybridized carbons (Fsp3) is 0.900. The Hall–Kier alpha value is -0.280. The normalized spacial score (nSPS) is 32.5. The molecule has 2 fully saturated rings. The molecule has 0 aromatic rings. The van der Waals surface area contributed by atoms with Gasteiger partial charge in [0, 0.05) is 6.54 Å². The fourth-order valence-corrected chi connectivity index (χ4v) is 2.64. The summed E-state index contributed by atoms with van der Waals surface area (Å²) in [5, 5.41) is 0. The SMILES string of the molecule is O=C(CCl)N1CCO[C@H]2CCCC[C@H]21. The Morgan fingerprint density at radius 3 is 3.00 bits per heavy atom. The lowest BCUT2D eigenvalue weighted by Gasteiger charge is -2.43. The van der Waals surface area contributed by atoms with E-state index in [0.29, 0.717) is 19.2 Å². The first-order chi connectivity index (χ1) is 6.83. The maximum atomic E-state index is 11.6. The topological polar surface area (TPSA) is 29.5 Å². The second-order valence-electron chi connectivity index (χ2n) is 3.98. The number of halogens is 1. The van der Waals surface area contributed by atoms with E-state index in [4.69, 9.17) is 16.3 Å². The number of carbonyl (C=O) groups is 1. The van der Waals surface area contributed by atoms with Gasteiger partial charge in [0.25, 0.3) is 0 Å². The van der Waals surface area contributed by atoms with Crippen LogP contribution in [0, 0.1) is 0 Å². The van der Waals surface area contributed by atoms with Crippen molar-refractivity contribution in [2.24, 2.45) is 0 Å². The Morgan fingerprint density at radius 2 is 2.21 bits per heavy atom. The minimum atomic E-state index is 0.0619. The van der Waals surface area contributed by atoms with E-state index in [2.05, 4.69) is 0 Å². The standard InChI is InChI=1S/C10H16ClNO2/c11-7-10(13)12-5-6-14-9-4-2-1-3-8(9)12/h8-9H,1-7H2/t8-,9+/m1/s1. The zero-order valence-electron chi connectivity index (χ0n) is 8.25. The van der Waals surface area contributed by atoms with Gasteiger partial charge in [-0.1, -0.05) is 12.8 Å². The fourth-order valence-electron chi connectivity index (χ4n) is 2.48. The third-order valence-corrected chi connectivity index (χ3v) is 3.40. The summed E-state index contributed by atoms with van der Waals surface area (Å²) in [5.41, 5.74) is 0. The number of amides is 1. The molecule has 80 valence electrons. The molecule has 1 aliphatic heterocycles. The summed E-state index contributed by atoms with van der Waals surface area (Å²) in [6, 6.07) is 0.295. The minimum absolute atomic E-state index is 0.0619. The van der Waals surface area contributed by atoms with Crippen LogP contribution < -0.4 is 0 Å². The highest BCUT2D eigenvalue weighted by molar-refractivity contribution is 6.27. The highest BCUT2D eigenvalue weighted by Gasteiger charge is 2.36. The lowest BCUT2D eigenvalue weighted by atomic mass is 9.90. The monoisotopic (exact) mass is 217 g/mol. The molecule has 14 heavy (non-hydrogen) atoms. The van der Waals surface area contributed by atoms with Gasteiger partial charge in [-0.05, 0) is 12.8 Å². The van der Waals surface area contributed by atoms with E-state index in [1.807, 2.05) is 4.90 Å². The van der Waals surface area contributed by atoms with Crippen molar-refractivity contribution >= 4 is 17.5 Å². The van der Waals surface area contributed by atoms with Gasteiger partial charge in [-0.15, -0.1) is 11.6 Å². The van der Waals surface area contributed by atoms with Gasteiger partial charge in [0.15, 0.2) is 0 Å². The summed E-state index contributed by atoms with van der Waals surface area (Å²) >= 11 is 5.58. The van der Waals surface area contributed by atoms with Crippen LogP contribution in [0.15, 0.2) is 0 Å². The van der Waals surface area contributed by atoms with Gasteiger partial charge in [-0.25, -0.2) is 0 Å². The molecule has 0 unspecified atom stereocenters. The predicted octanol–water partition coefficient (Wildman–Crippen LogP) is 1.40. The molecule has 1 aliphatic carbocycles. The average molecular weight is 218 g/mol. The van der Waals surface area contributed by atoms with Crippen LogP contribution in [-0.2, 0) is 9.53 Å².